The van der Waals surface area contributed by atoms with Gasteiger partial charge >= 0.3 is 0 Å². The average Bonchev–Trinajstić information content (AvgIpc) is 3.42. The van der Waals surface area contributed by atoms with E-state index in [1.807, 2.05) is 68.4 Å². The van der Waals surface area contributed by atoms with E-state index in [2.05, 4.69) is 21.2 Å². The summed E-state index contributed by atoms with van der Waals surface area (Å²) >= 11 is 3.44. The molecule has 3 aromatic carbocycles. The Morgan fingerprint density at radius 2 is 1.66 bits per heavy atom. The van der Waals surface area contributed by atoms with Crippen molar-refractivity contribution in [3.63, 3.8) is 0 Å². The van der Waals surface area contributed by atoms with Crippen LogP contribution in [0.4, 0.5) is 5.69 Å². The van der Waals surface area contributed by atoms with Crippen LogP contribution in [0.3, 0.4) is 0 Å². The van der Waals surface area contributed by atoms with Crippen LogP contribution in [0.5, 0.6) is 11.5 Å². The fraction of sp³-hybridized carbons (Fsp3) is 0.333. The molecule has 11 heteroatoms. The maximum absolute atomic E-state index is 14.1. The van der Waals surface area contributed by atoms with E-state index in [1.54, 1.807) is 12.1 Å². The monoisotopic (exact) mass is 643 g/mol. The number of amides is 2. The van der Waals surface area contributed by atoms with Crippen molar-refractivity contribution < 1.29 is 27.5 Å². The lowest BCUT2D eigenvalue weighted by Crippen LogP contribution is -2.54. The zero-order valence-corrected chi connectivity index (χ0v) is 25.7. The van der Waals surface area contributed by atoms with Gasteiger partial charge in [0.25, 0.3) is 0 Å². The summed E-state index contributed by atoms with van der Waals surface area (Å²) in [5.74, 6) is 0.0686. The van der Waals surface area contributed by atoms with Gasteiger partial charge in [-0.3, -0.25) is 13.9 Å². The highest BCUT2D eigenvalue weighted by Gasteiger charge is 2.33. The number of ether oxygens (including phenoxy) is 2. The molecule has 0 unspecified atom stereocenters. The van der Waals surface area contributed by atoms with Gasteiger partial charge in [-0.15, -0.1) is 0 Å². The van der Waals surface area contributed by atoms with Gasteiger partial charge in [-0.05, 0) is 48.7 Å². The van der Waals surface area contributed by atoms with Gasteiger partial charge in [0.15, 0.2) is 11.5 Å². The first-order valence-corrected chi connectivity index (χ1v) is 15.9. The van der Waals surface area contributed by atoms with Crippen LogP contribution in [0.25, 0.3) is 0 Å². The molecule has 0 saturated heterocycles. The highest BCUT2D eigenvalue weighted by atomic mass is 79.9. The fourth-order valence-corrected chi connectivity index (χ4v) is 5.54. The fourth-order valence-electron chi connectivity index (χ4n) is 4.44. The van der Waals surface area contributed by atoms with Gasteiger partial charge in [-0.2, -0.15) is 0 Å². The summed E-state index contributed by atoms with van der Waals surface area (Å²) in [4.78, 5) is 29.3. The summed E-state index contributed by atoms with van der Waals surface area (Å²) in [6, 6.07) is 20.6. The molecule has 0 fully saturated rings. The molecule has 0 radical (unpaired) electrons. The third-order valence-corrected chi connectivity index (χ3v) is 8.53. The lowest BCUT2D eigenvalue weighted by atomic mass is 10.0. The summed E-state index contributed by atoms with van der Waals surface area (Å²) in [7, 11) is -3.89. The van der Waals surface area contributed by atoms with E-state index in [0.29, 0.717) is 11.5 Å². The van der Waals surface area contributed by atoms with Crippen LogP contribution >= 0.6 is 15.9 Å². The van der Waals surface area contributed by atoms with Crippen LogP contribution in [0.15, 0.2) is 77.3 Å². The van der Waals surface area contributed by atoms with E-state index in [0.717, 1.165) is 32.6 Å². The molecule has 1 aliphatic heterocycles. The third kappa shape index (κ3) is 8.01. The second kappa shape index (κ2) is 13.4. The Morgan fingerprint density at radius 1 is 0.976 bits per heavy atom. The number of sulfonamides is 1. The van der Waals surface area contributed by atoms with E-state index >= 15 is 0 Å². The second-order valence-corrected chi connectivity index (χ2v) is 12.8. The number of rotatable bonds is 12. The molecule has 1 N–H and O–H groups in total. The highest BCUT2D eigenvalue weighted by Crippen LogP contribution is 2.36. The molecule has 9 nitrogen and oxygen atoms in total. The summed E-state index contributed by atoms with van der Waals surface area (Å²) < 4.78 is 38.6. The standard InChI is InChI=1S/C30H34BrN3O6S/c1-4-21(2)32-30(36)26(16-22-8-6-5-7-9-22)33(18-23-10-12-24(31)13-11-23)29(35)19-34(41(3,37)38)25-14-15-27-28(17-25)40-20-39-27/h5-15,17,21,26H,4,16,18-20H2,1-3H3,(H,32,36)/t21-,26+/m1/s1. The predicted octanol–water partition coefficient (Wildman–Crippen LogP) is 4.50. The zero-order valence-electron chi connectivity index (χ0n) is 23.2. The minimum absolute atomic E-state index is 0.0318. The molecule has 218 valence electrons. The van der Waals surface area contributed by atoms with Gasteiger partial charge in [0.2, 0.25) is 28.6 Å². The van der Waals surface area contributed by atoms with Gasteiger partial charge in [-0.1, -0.05) is 65.3 Å². The van der Waals surface area contributed by atoms with Crippen molar-refractivity contribution in [3.8, 4) is 11.5 Å². The molecule has 0 aromatic heterocycles. The number of carbonyl (C=O) groups excluding carboxylic acids is 2. The molecule has 3 aromatic rings. The highest BCUT2D eigenvalue weighted by molar-refractivity contribution is 9.10. The van der Waals surface area contributed by atoms with Crippen molar-refractivity contribution in [1.29, 1.82) is 0 Å². The second-order valence-electron chi connectivity index (χ2n) is 9.98. The van der Waals surface area contributed by atoms with Crippen molar-refractivity contribution in [3.05, 3.63) is 88.4 Å². The Labute approximate surface area is 249 Å². The molecule has 41 heavy (non-hydrogen) atoms. The first-order valence-electron chi connectivity index (χ1n) is 13.3. The molecule has 0 aliphatic carbocycles. The molecular formula is C30H34BrN3O6S. The maximum Gasteiger partial charge on any atom is 0.244 e. The summed E-state index contributed by atoms with van der Waals surface area (Å²) in [5.41, 5.74) is 1.93. The summed E-state index contributed by atoms with van der Waals surface area (Å²) in [6.07, 6.45) is 2.02. The topological polar surface area (TPSA) is 105 Å². The normalized spacial score (nSPS) is 13.8. The van der Waals surface area contributed by atoms with Gasteiger partial charge in [0.05, 0.1) is 11.9 Å². The third-order valence-electron chi connectivity index (χ3n) is 6.86. The summed E-state index contributed by atoms with van der Waals surface area (Å²) in [5, 5.41) is 3.02. The molecule has 2 atom stereocenters. The van der Waals surface area contributed by atoms with E-state index in [9.17, 15) is 18.0 Å². The number of hydrogen-bond acceptors (Lipinski definition) is 6. The Morgan fingerprint density at radius 3 is 2.32 bits per heavy atom. The molecule has 0 bridgehead atoms. The zero-order chi connectivity index (χ0) is 29.6. The van der Waals surface area contributed by atoms with Crippen molar-refractivity contribution in [1.82, 2.24) is 10.2 Å². The average molecular weight is 645 g/mol. The van der Waals surface area contributed by atoms with E-state index in [4.69, 9.17) is 9.47 Å². The SMILES string of the molecule is CC[C@@H](C)NC(=O)[C@H](Cc1ccccc1)N(Cc1ccc(Br)cc1)C(=O)CN(c1ccc2c(c1)OCO2)S(C)(=O)=O. The number of benzene rings is 3. The minimum Gasteiger partial charge on any atom is -0.454 e. The van der Waals surface area contributed by atoms with Crippen molar-refractivity contribution in [2.24, 2.45) is 0 Å². The van der Waals surface area contributed by atoms with Crippen LogP contribution in [0.2, 0.25) is 0 Å². The molecule has 4 rings (SSSR count). The van der Waals surface area contributed by atoms with Gasteiger partial charge in [0, 0.05) is 29.5 Å². The molecule has 0 spiro atoms. The molecular weight excluding hydrogens is 610 g/mol. The van der Waals surface area contributed by atoms with E-state index < -0.39 is 28.5 Å². The predicted molar refractivity (Wildman–Crippen MR) is 161 cm³/mol. The number of fused-ring (bicyclic) bond motifs is 1. The number of anilines is 1. The Hall–Kier alpha value is -3.57. The number of hydrogen-bond donors (Lipinski definition) is 1. The quantitative estimate of drug-likeness (QED) is 0.312. The Balaban J connectivity index is 1.72. The first kappa shape index (κ1) is 30.4. The van der Waals surface area contributed by atoms with Crippen LogP contribution in [-0.4, -0.2) is 56.8 Å². The number of nitrogens with zero attached hydrogens (tertiary/aromatic N) is 2. The van der Waals surface area contributed by atoms with Crippen molar-refractivity contribution >= 4 is 43.5 Å². The summed E-state index contributed by atoms with van der Waals surface area (Å²) in [6.45, 7) is 3.51. The molecule has 0 saturated carbocycles. The van der Waals surface area contributed by atoms with Crippen molar-refractivity contribution in [2.45, 2.75) is 45.3 Å². The van der Waals surface area contributed by atoms with Crippen LogP contribution in [0.1, 0.15) is 31.4 Å². The molecule has 1 heterocycles. The smallest absolute Gasteiger partial charge is 0.244 e. The number of nitrogens with one attached hydrogen (secondary N) is 1. The van der Waals surface area contributed by atoms with Crippen LogP contribution < -0.4 is 19.1 Å². The Bertz CT molecular complexity index is 1470. The van der Waals surface area contributed by atoms with Gasteiger partial charge in [0.1, 0.15) is 12.6 Å². The van der Waals surface area contributed by atoms with Gasteiger partial charge < -0.3 is 19.7 Å². The maximum atomic E-state index is 14.1. The van der Waals surface area contributed by atoms with E-state index in [1.165, 1.54) is 11.0 Å². The lowest BCUT2D eigenvalue weighted by Gasteiger charge is -2.34. The first-order chi connectivity index (χ1) is 19.5. The lowest BCUT2D eigenvalue weighted by molar-refractivity contribution is -0.140. The Kier molecular flexibility index (Phi) is 9.93. The number of carbonyl (C=O) groups is 2. The van der Waals surface area contributed by atoms with E-state index in [-0.39, 0.29) is 37.4 Å². The number of halogens is 1. The van der Waals surface area contributed by atoms with Crippen molar-refractivity contribution in [2.75, 3.05) is 23.9 Å². The van der Waals surface area contributed by atoms with Gasteiger partial charge in [-0.25, -0.2) is 8.42 Å². The largest absolute Gasteiger partial charge is 0.454 e. The minimum atomic E-state index is -3.89. The van der Waals surface area contributed by atoms with Crippen LogP contribution in [0, 0.1) is 0 Å². The van der Waals surface area contributed by atoms with Crippen LogP contribution in [-0.2, 0) is 32.6 Å². The molecule has 2 amide bonds. The molecule has 1 aliphatic rings.